The van der Waals surface area contributed by atoms with Crippen molar-refractivity contribution in [1.82, 2.24) is 9.80 Å². The molecule has 17 heavy (non-hydrogen) atoms. The van der Waals surface area contributed by atoms with Gasteiger partial charge in [0.2, 0.25) is 5.91 Å². The highest BCUT2D eigenvalue weighted by atomic mass is 16.3. The molecule has 1 fully saturated rings. The Bertz CT molecular complexity index is 255. The number of hydrogen-bond donors (Lipinski definition) is 1. The first-order valence-corrected chi connectivity index (χ1v) is 6.53. The molecule has 0 aliphatic carbocycles. The third-order valence-corrected chi connectivity index (χ3v) is 3.48. The lowest BCUT2D eigenvalue weighted by atomic mass is 10.1. The first kappa shape index (κ1) is 14.5. The number of likely N-dealkylation sites (tertiary alicyclic amines) is 1. The van der Waals surface area contributed by atoms with Gasteiger partial charge in [-0.3, -0.25) is 9.69 Å². The van der Waals surface area contributed by atoms with Gasteiger partial charge in [0.25, 0.3) is 0 Å². The standard InChI is InChI=1S/C13H26N2O2/c1-11(15-8-5-6-9-15)12(16)14(4)10-7-13(2,3)17/h11,17H,5-10H2,1-4H3. The maximum absolute atomic E-state index is 12.1. The monoisotopic (exact) mass is 242 g/mol. The predicted octanol–water partition coefficient (Wildman–Crippen LogP) is 1.09. The van der Waals surface area contributed by atoms with Crippen LogP contribution in [0.5, 0.6) is 0 Å². The molecular weight excluding hydrogens is 216 g/mol. The molecule has 0 radical (unpaired) electrons. The maximum atomic E-state index is 12.1. The fourth-order valence-corrected chi connectivity index (χ4v) is 2.16. The molecule has 100 valence electrons. The number of rotatable bonds is 5. The van der Waals surface area contributed by atoms with Crippen molar-refractivity contribution in [3.63, 3.8) is 0 Å². The second kappa shape index (κ2) is 5.83. The Hall–Kier alpha value is -0.610. The third kappa shape index (κ3) is 4.64. The van der Waals surface area contributed by atoms with Gasteiger partial charge in [-0.05, 0) is 53.1 Å². The zero-order chi connectivity index (χ0) is 13.1. The van der Waals surface area contributed by atoms with Gasteiger partial charge < -0.3 is 10.0 Å². The van der Waals surface area contributed by atoms with Crippen LogP contribution in [0.3, 0.4) is 0 Å². The average Bonchev–Trinajstić information content (AvgIpc) is 2.76. The summed E-state index contributed by atoms with van der Waals surface area (Å²) in [7, 11) is 1.82. The highest BCUT2D eigenvalue weighted by Crippen LogP contribution is 2.14. The second-order valence-electron chi connectivity index (χ2n) is 5.74. The summed E-state index contributed by atoms with van der Waals surface area (Å²) in [6.45, 7) is 8.21. The summed E-state index contributed by atoms with van der Waals surface area (Å²) < 4.78 is 0. The Morgan fingerprint density at radius 1 is 1.41 bits per heavy atom. The van der Waals surface area contributed by atoms with Crippen LogP contribution in [-0.2, 0) is 4.79 Å². The van der Waals surface area contributed by atoms with Crippen molar-refractivity contribution in [2.45, 2.75) is 51.7 Å². The van der Waals surface area contributed by atoms with Crippen molar-refractivity contribution in [3.8, 4) is 0 Å². The van der Waals surface area contributed by atoms with E-state index in [4.69, 9.17) is 0 Å². The zero-order valence-corrected chi connectivity index (χ0v) is 11.6. The van der Waals surface area contributed by atoms with E-state index in [-0.39, 0.29) is 11.9 Å². The van der Waals surface area contributed by atoms with Crippen LogP contribution in [0, 0.1) is 0 Å². The molecule has 4 heteroatoms. The predicted molar refractivity (Wildman–Crippen MR) is 68.8 cm³/mol. The molecule has 1 amide bonds. The molecule has 1 N–H and O–H groups in total. The van der Waals surface area contributed by atoms with Crippen LogP contribution >= 0.6 is 0 Å². The van der Waals surface area contributed by atoms with Crippen LogP contribution in [0.4, 0.5) is 0 Å². The summed E-state index contributed by atoms with van der Waals surface area (Å²) in [6, 6.07) is -0.0238. The van der Waals surface area contributed by atoms with E-state index in [0.29, 0.717) is 13.0 Å². The highest BCUT2D eigenvalue weighted by molar-refractivity contribution is 5.81. The van der Waals surface area contributed by atoms with E-state index < -0.39 is 5.60 Å². The van der Waals surface area contributed by atoms with Crippen molar-refractivity contribution in [2.24, 2.45) is 0 Å². The van der Waals surface area contributed by atoms with E-state index >= 15 is 0 Å². The van der Waals surface area contributed by atoms with E-state index in [1.807, 2.05) is 14.0 Å². The fraction of sp³-hybridized carbons (Fsp3) is 0.923. The molecule has 1 saturated heterocycles. The van der Waals surface area contributed by atoms with Crippen molar-refractivity contribution in [2.75, 3.05) is 26.7 Å². The molecular formula is C13H26N2O2. The van der Waals surface area contributed by atoms with Crippen LogP contribution in [0.25, 0.3) is 0 Å². The number of hydrogen-bond acceptors (Lipinski definition) is 3. The second-order valence-corrected chi connectivity index (χ2v) is 5.74. The van der Waals surface area contributed by atoms with Crippen LogP contribution in [0.1, 0.15) is 40.0 Å². The Labute approximate surface area is 105 Å². The normalized spacial score (nSPS) is 19.4. The van der Waals surface area contributed by atoms with Gasteiger partial charge in [0.1, 0.15) is 0 Å². The summed E-state index contributed by atoms with van der Waals surface area (Å²) in [4.78, 5) is 16.1. The van der Waals surface area contributed by atoms with Gasteiger partial charge in [-0.25, -0.2) is 0 Å². The van der Waals surface area contributed by atoms with Crippen molar-refractivity contribution in [3.05, 3.63) is 0 Å². The number of amides is 1. The molecule has 0 saturated carbocycles. The molecule has 0 bridgehead atoms. The van der Waals surface area contributed by atoms with Crippen LogP contribution in [0.2, 0.25) is 0 Å². The van der Waals surface area contributed by atoms with Gasteiger partial charge in [0.05, 0.1) is 11.6 Å². The average molecular weight is 242 g/mol. The molecule has 0 spiro atoms. The number of nitrogens with zero attached hydrogens (tertiary/aromatic N) is 2. The Balaban J connectivity index is 2.40. The Morgan fingerprint density at radius 2 is 1.94 bits per heavy atom. The molecule has 1 aliphatic rings. The minimum absolute atomic E-state index is 0.0238. The zero-order valence-electron chi connectivity index (χ0n) is 11.6. The minimum atomic E-state index is -0.703. The third-order valence-electron chi connectivity index (χ3n) is 3.48. The highest BCUT2D eigenvalue weighted by Gasteiger charge is 2.26. The molecule has 1 rings (SSSR count). The maximum Gasteiger partial charge on any atom is 0.239 e. The molecule has 1 aliphatic heterocycles. The summed E-state index contributed by atoms with van der Waals surface area (Å²) in [6.07, 6.45) is 3.01. The largest absolute Gasteiger partial charge is 0.390 e. The van der Waals surface area contributed by atoms with E-state index in [0.717, 1.165) is 13.1 Å². The van der Waals surface area contributed by atoms with E-state index in [1.54, 1.807) is 18.7 Å². The fourth-order valence-electron chi connectivity index (χ4n) is 2.16. The van der Waals surface area contributed by atoms with Gasteiger partial charge in [0, 0.05) is 13.6 Å². The quantitative estimate of drug-likeness (QED) is 0.785. The van der Waals surface area contributed by atoms with E-state index in [2.05, 4.69) is 4.90 Å². The molecule has 0 aromatic rings. The first-order valence-electron chi connectivity index (χ1n) is 6.53. The summed E-state index contributed by atoms with van der Waals surface area (Å²) in [5, 5.41) is 9.65. The number of likely N-dealkylation sites (N-methyl/N-ethyl adjacent to an activating group) is 1. The Morgan fingerprint density at radius 3 is 2.41 bits per heavy atom. The summed E-state index contributed by atoms with van der Waals surface area (Å²) in [5.74, 6) is 0.163. The number of carbonyl (C=O) groups is 1. The lowest BCUT2D eigenvalue weighted by Gasteiger charge is -2.29. The topological polar surface area (TPSA) is 43.8 Å². The number of carbonyl (C=O) groups excluding carboxylic acids is 1. The molecule has 0 aromatic carbocycles. The van der Waals surface area contributed by atoms with Gasteiger partial charge in [-0.15, -0.1) is 0 Å². The first-order chi connectivity index (χ1) is 7.81. The lowest BCUT2D eigenvalue weighted by Crippen LogP contribution is -2.45. The van der Waals surface area contributed by atoms with Gasteiger partial charge in [-0.1, -0.05) is 0 Å². The molecule has 0 aromatic heterocycles. The molecule has 1 unspecified atom stereocenters. The smallest absolute Gasteiger partial charge is 0.239 e. The minimum Gasteiger partial charge on any atom is -0.390 e. The molecule has 1 atom stereocenters. The van der Waals surface area contributed by atoms with Gasteiger partial charge in [0.15, 0.2) is 0 Å². The molecule has 1 heterocycles. The van der Waals surface area contributed by atoms with E-state index in [1.165, 1.54) is 12.8 Å². The Kier molecular flexibility index (Phi) is 4.95. The summed E-state index contributed by atoms with van der Waals surface area (Å²) >= 11 is 0. The van der Waals surface area contributed by atoms with Gasteiger partial charge >= 0.3 is 0 Å². The number of aliphatic hydroxyl groups is 1. The van der Waals surface area contributed by atoms with Crippen LogP contribution < -0.4 is 0 Å². The van der Waals surface area contributed by atoms with E-state index in [9.17, 15) is 9.90 Å². The molecule has 4 nitrogen and oxygen atoms in total. The van der Waals surface area contributed by atoms with Crippen molar-refractivity contribution < 1.29 is 9.90 Å². The van der Waals surface area contributed by atoms with Crippen molar-refractivity contribution in [1.29, 1.82) is 0 Å². The van der Waals surface area contributed by atoms with Crippen molar-refractivity contribution >= 4 is 5.91 Å². The summed E-state index contributed by atoms with van der Waals surface area (Å²) in [5.41, 5.74) is -0.703. The van der Waals surface area contributed by atoms with Crippen LogP contribution in [-0.4, -0.2) is 59.1 Å². The van der Waals surface area contributed by atoms with Crippen LogP contribution in [0.15, 0.2) is 0 Å². The van der Waals surface area contributed by atoms with Gasteiger partial charge in [-0.2, -0.15) is 0 Å². The SMILES string of the molecule is CC(C(=O)N(C)CCC(C)(C)O)N1CCCC1. The lowest BCUT2D eigenvalue weighted by molar-refractivity contribution is -0.135.